The molecule has 0 aliphatic rings. The van der Waals surface area contributed by atoms with Gasteiger partial charge in [-0.15, -0.1) is 11.3 Å². The molecule has 0 saturated carbocycles. The molecule has 0 unspecified atom stereocenters. The van der Waals surface area contributed by atoms with Crippen molar-refractivity contribution in [1.29, 1.82) is 0 Å². The van der Waals surface area contributed by atoms with Crippen molar-refractivity contribution >= 4 is 23.0 Å². The van der Waals surface area contributed by atoms with Crippen molar-refractivity contribution in [3.8, 4) is 5.75 Å². The van der Waals surface area contributed by atoms with Crippen molar-refractivity contribution < 1.29 is 14.3 Å². The fourth-order valence-electron chi connectivity index (χ4n) is 1.87. The zero-order valence-electron chi connectivity index (χ0n) is 12.2. The van der Waals surface area contributed by atoms with Crippen LogP contribution < -0.4 is 10.5 Å². The lowest BCUT2D eigenvalue weighted by Gasteiger charge is -2.08. The lowest BCUT2D eigenvalue weighted by Crippen LogP contribution is -2.06. The number of aryl methyl sites for hydroxylation is 1. The molecule has 0 saturated heterocycles. The standard InChI is InChI=1S/C16H19NO3S/c1-3-12-6-7-13(21-12)10-20-16(18)11-5-8-15(19-4-2)14(17)9-11/h5-9H,3-4,10,17H2,1-2H3. The third-order valence-electron chi connectivity index (χ3n) is 2.96. The highest BCUT2D eigenvalue weighted by Gasteiger charge is 2.11. The van der Waals surface area contributed by atoms with Crippen LogP contribution in [-0.4, -0.2) is 12.6 Å². The van der Waals surface area contributed by atoms with E-state index in [1.54, 1.807) is 29.5 Å². The number of thiophene rings is 1. The van der Waals surface area contributed by atoms with Crippen LogP contribution in [0, 0.1) is 0 Å². The molecule has 5 heteroatoms. The number of rotatable bonds is 6. The molecular weight excluding hydrogens is 286 g/mol. The van der Waals surface area contributed by atoms with Crippen LogP contribution >= 0.6 is 11.3 Å². The second-order valence-electron chi connectivity index (χ2n) is 4.48. The first-order chi connectivity index (χ1) is 10.1. The van der Waals surface area contributed by atoms with Gasteiger partial charge >= 0.3 is 5.97 Å². The molecule has 0 aliphatic heterocycles. The van der Waals surface area contributed by atoms with Crippen molar-refractivity contribution in [2.24, 2.45) is 0 Å². The Hall–Kier alpha value is -2.01. The molecule has 0 aliphatic carbocycles. The Morgan fingerprint density at radius 3 is 2.57 bits per heavy atom. The summed E-state index contributed by atoms with van der Waals surface area (Å²) in [6.45, 7) is 4.81. The molecule has 1 aromatic heterocycles. The first-order valence-electron chi connectivity index (χ1n) is 6.91. The van der Waals surface area contributed by atoms with Crippen LogP contribution in [-0.2, 0) is 17.8 Å². The molecule has 0 spiro atoms. The highest BCUT2D eigenvalue weighted by atomic mass is 32.1. The second-order valence-corrected chi connectivity index (χ2v) is 5.74. The van der Waals surface area contributed by atoms with E-state index in [0.29, 0.717) is 23.6 Å². The molecule has 2 N–H and O–H groups in total. The summed E-state index contributed by atoms with van der Waals surface area (Å²) >= 11 is 1.66. The number of anilines is 1. The molecular formula is C16H19NO3S. The molecule has 21 heavy (non-hydrogen) atoms. The minimum atomic E-state index is -0.379. The van der Waals surface area contributed by atoms with Crippen LogP contribution in [0.4, 0.5) is 5.69 Å². The van der Waals surface area contributed by atoms with E-state index in [1.165, 1.54) is 4.88 Å². The molecule has 0 bridgehead atoms. The lowest BCUT2D eigenvalue weighted by molar-refractivity contribution is 0.0477. The van der Waals surface area contributed by atoms with E-state index in [1.807, 2.05) is 13.0 Å². The summed E-state index contributed by atoms with van der Waals surface area (Å²) in [6.07, 6.45) is 0.994. The fourth-order valence-corrected chi connectivity index (χ4v) is 2.74. The normalized spacial score (nSPS) is 10.4. The van der Waals surface area contributed by atoms with Gasteiger partial charge in [-0.1, -0.05) is 6.92 Å². The van der Waals surface area contributed by atoms with Gasteiger partial charge in [0.1, 0.15) is 12.4 Å². The Balaban J connectivity index is 1.98. The molecule has 0 fully saturated rings. The molecule has 1 heterocycles. The molecule has 0 amide bonds. The van der Waals surface area contributed by atoms with Gasteiger partial charge in [-0.05, 0) is 43.7 Å². The van der Waals surface area contributed by atoms with E-state index in [2.05, 4.69) is 13.0 Å². The molecule has 0 radical (unpaired) electrons. The molecule has 2 rings (SSSR count). The zero-order chi connectivity index (χ0) is 15.2. The van der Waals surface area contributed by atoms with Gasteiger partial charge in [-0.2, -0.15) is 0 Å². The van der Waals surface area contributed by atoms with E-state index >= 15 is 0 Å². The summed E-state index contributed by atoms with van der Waals surface area (Å²) in [6, 6.07) is 8.98. The number of nitrogens with two attached hydrogens (primary N) is 1. The van der Waals surface area contributed by atoms with Gasteiger partial charge in [-0.3, -0.25) is 0 Å². The second kappa shape index (κ2) is 7.13. The van der Waals surface area contributed by atoms with Crippen molar-refractivity contribution in [3.05, 3.63) is 45.6 Å². The average molecular weight is 305 g/mol. The first kappa shape index (κ1) is 15.4. The van der Waals surface area contributed by atoms with Crippen molar-refractivity contribution in [2.45, 2.75) is 26.9 Å². The number of esters is 1. The fraction of sp³-hybridized carbons (Fsp3) is 0.312. The Bertz CT molecular complexity index is 622. The summed E-state index contributed by atoms with van der Waals surface area (Å²) in [7, 11) is 0. The number of benzene rings is 1. The Morgan fingerprint density at radius 1 is 1.19 bits per heavy atom. The van der Waals surface area contributed by atoms with Gasteiger partial charge in [0.25, 0.3) is 0 Å². The third-order valence-corrected chi connectivity index (χ3v) is 4.16. The highest BCUT2D eigenvalue weighted by molar-refractivity contribution is 7.11. The minimum Gasteiger partial charge on any atom is -0.492 e. The molecule has 2 aromatic rings. The monoisotopic (exact) mass is 305 g/mol. The minimum absolute atomic E-state index is 0.288. The maximum Gasteiger partial charge on any atom is 0.338 e. The SMILES string of the molecule is CCOc1ccc(C(=O)OCc2ccc(CC)s2)cc1N. The number of nitrogen functional groups attached to an aromatic ring is 1. The van der Waals surface area contributed by atoms with Gasteiger partial charge in [0, 0.05) is 9.75 Å². The third kappa shape index (κ3) is 3.98. The van der Waals surface area contributed by atoms with Gasteiger partial charge in [0.2, 0.25) is 0 Å². The first-order valence-corrected chi connectivity index (χ1v) is 7.72. The van der Waals surface area contributed by atoms with E-state index in [9.17, 15) is 4.79 Å². The van der Waals surface area contributed by atoms with E-state index < -0.39 is 0 Å². The predicted octanol–water partition coefficient (Wildman–Crippen LogP) is 3.65. The Kier molecular flexibility index (Phi) is 5.22. The van der Waals surface area contributed by atoms with Crippen molar-refractivity contribution in [1.82, 2.24) is 0 Å². The smallest absolute Gasteiger partial charge is 0.338 e. The molecule has 1 aromatic carbocycles. The number of carbonyl (C=O) groups excluding carboxylic acids is 1. The van der Waals surface area contributed by atoms with Crippen LogP contribution in [0.15, 0.2) is 30.3 Å². The Labute approximate surface area is 128 Å². The summed E-state index contributed by atoms with van der Waals surface area (Å²) in [5.74, 6) is 0.205. The average Bonchev–Trinajstić information content (AvgIpc) is 2.95. The summed E-state index contributed by atoms with van der Waals surface area (Å²) in [5, 5.41) is 0. The maximum atomic E-state index is 12.0. The Morgan fingerprint density at radius 2 is 1.95 bits per heavy atom. The topological polar surface area (TPSA) is 61.5 Å². The quantitative estimate of drug-likeness (QED) is 0.653. The number of hydrogen-bond acceptors (Lipinski definition) is 5. The van der Waals surface area contributed by atoms with Crippen LogP contribution in [0.2, 0.25) is 0 Å². The maximum absolute atomic E-state index is 12.0. The van der Waals surface area contributed by atoms with Gasteiger partial charge in [-0.25, -0.2) is 4.79 Å². The largest absolute Gasteiger partial charge is 0.492 e. The molecule has 0 atom stereocenters. The van der Waals surface area contributed by atoms with Crippen LogP contribution in [0.25, 0.3) is 0 Å². The summed E-state index contributed by atoms with van der Waals surface area (Å²) in [5.41, 5.74) is 6.72. The van der Waals surface area contributed by atoms with E-state index in [-0.39, 0.29) is 12.6 Å². The zero-order valence-corrected chi connectivity index (χ0v) is 13.0. The van der Waals surface area contributed by atoms with Gasteiger partial charge in [0.05, 0.1) is 17.9 Å². The summed E-state index contributed by atoms with van der Waals surface area (Å²) < 4.78 is 10.6. The van der Waals surface area contributed by atoms with Crippen molar-refractivity contribution in [2.75, 3.05) is 12.3 Å². The van der Waals surface area contributed by atoms with Crippen LogP contribution in [0.3, 0.4) is 0 Å². The summed E-state index contributed by atoms with van der Waals surface area (Å²) in [4.78, 5) is 14.3. The molecule has 112 valence electrons. The predicted molar refractivity (Wildman–Crippen MR) is 84.8 cm³/mol. The van der Waals surface area contributed by atoms with Gasteiger partial charge in [0.15, 0.2) is 0 Å². The van der Waals surface area contributed by atoms with Gasteiger partial charge < -0.3 is 15.2 Å². The van der Waals surface area contributed by atoms with E-state index in [0.717, 1.165) is 11.3 Å². The lowest BCUT2D eigenvalue weighted by atomic mass is 10.2. The van der Waals surface area contributed by atoms with Crippen molar-refractivity contribution in [3.63, 3.8) is 0 Å². The van der Waals surface area contributed by atoms with Crippen LogP contribution in [0.5, 0.6) is 5.75 Å². The number of ether oxygens (including phenoxy) is 2. The van der Waals surface area contributed by atoms with Crippen LogP contribution in [0.1, 0.15) is 34.0 Å². The van der Waals surface area contributed by atoms with E-state index in [4.69, 9.17) is 15.2 Å². The highest BCUT2D eigenvalue weighted by Crippen LogP contribution is 2.23. The number of carbonyl (C=O) groups is 1. The molecule has 4 nitrogen and oxygen atoms in total. The number of hydrogen-bond donors (Lipinski definition) is 1.